The minimum absolute atomic E-state index is 0.00965. The zero-order valence-corrected chi connectivity index (χ0v) is 14.9. The van der Waals surface area contributed by atoms with Crippen molar-refractivity contribution in [2.24, 2.45) is 0 Å². The number of carbonyl (C=O) groups is 1. The number of benzene rings is 1. The SMILES string of the molecule is Cc1nc(C(C)(C)C)[nH]c(=O)c1C(=O)N[C@@H]1c2ccccc2C[C@H]1O. The zero-order chi connectivity index (χ0) is 18.4. The zero-order valence-electron chi connectivity index (χ0n) is 14.9. The average molecular weight is 341 g/mol. The number of nitrogens with one attached hydrogen (secondary N) is 2. The number of rotatable bonds is 2. The number of aliphatic hydroxyl groups excluding tert-OH is 1. The smallest absolute Gasteiger partial charge is 0.264 e. The molecule has 3 rings (SSSR count). The fourth-order valence-corrected chi connectivity index (χ4v) is 3.17. The first-order chi connectivity index (χ1) is 11.7. The Bertz CT molecular complexity index is 880. The van der Waals surface area contributed by atoms with Crippen LogP contribution in [-0.2, 0) is 11.8 Å². The molecular weight excluding hydrogens is 318 g/mol. The van der Waals surface area contributed by atoms with Gasteiger partial charge >= 0.3 is 0 Å². The number of aryl methyl sites for hydroxylation is 1. The van der Waals surface area contributed by atoms with E-state index in [9.17, 15) is 14.7 Å². The van der Waals surface area contributed by atoms with E-state index in [0.717, 1.165) is 11.1 Å². The van der Waals surface area contributed by atoms with Crippen LogP contribution in [0.25, 0.3) is 0 Å². The summed E-state index contributed by atoms with van der Waals surface area (Å²) in [5.41, 5.74) is 1.48. The van der Waals surface area contributed by atoms with Crippen molar-refractivity contribution in [2.45, 2.75) is 51.7 Å². The lowest BCUT2D eigenvalue weighted by Crippen LogP contribution is -2.38. The molecule has 0 radical (unpaired) electrons. The fraction of sp³-hybridized carbons (Fsp3) is 0.421. The topological polar surface area (TPSA) is 95.1 Å². The van der Waals surface area contributed by atoms with Crippen molar-refractivity contribution in [1.29, 1.82) is 0 Å². The predicted octanol–water partition coefficient (Wildman–Crippen LogP) is 1.76. The first kappa shape index (κ1) is 17.4. The number of hydrogen-bond acceptors (Lipinski definition) is 4. The second kappa shape index (κ2) is 6.11. The second-order valence-electron chi connectivity index (χ2n) is 7.55. The van der Waals surface area contributed by atoms with Crippen LogP contribution >= 0.6 is 0 Å². The van der Waals surface area contributed by atoms with Gasteiger partial charge in [-0.2, -0.15) is 0 Å². The molecule has 2 atom stereocenters. The number of aliphatic hydroxyl groups is 1. The quantitative estimate of drug-likeness (QED) is 0.776. The highest BCUT2D eigenvalue weighted by Gasteiger charge is 2.33. The Labute approximate surface area is 146 Å². The van der Waals surface area contributed by atoms with Crippen molar-refractivity contribution in [1.82, 2.24) is 15.3 Å². The summed E-state index contributed by atoms with van der Waals surface area (Å²) < 4.78 is 0. The Kier molecular flexibility index (Phi) is 4.24. The summed E-state index contributed by atoms with van der Waals surface area (Å²) in [5, 5.41) is 13.1. The van der Waals surface area contributed by atoms with Gasteiger partial charge < -0.3 is 15.4 Å². The Morgan fingerprint density at radius 2 is 2.00 bits per heavy atom. The van der Waals surface area contributed by atoms with Crippen molar-refractivity contribution < 1.29 is 9.90 Å². The summed E-state index contributed by atoms with van der Waals surface area (Å²) in [4.78, 5) is 32.2. The molecule has 1 aliphatic carbocycles. The molecular formula is C19H23N3O3. The first-order valence-corrected chi connectivity index (χ1v) is 8.36. The van der Waals surface area contributed by atoms with Crippen LogP contribution < -0.4 is 10.9 Å². The predicted molar refractivity (Wildman–Crippen MR) is 94.7 cm³/mol. The van der Waals surface area contributed by atoms with Crippen molar-refractivity contribution in [2.75, 3.05) is 0 Å². The molecule has 0 spiro atoms. The monoisotopic (exact) mass is 341 g/mol. The highest BCUT2D eigenvalue weighted by Crippen LogP contribution is 2.31. The van der Waals surface area contributed by atoms with Gasteiger partial charge in [0.25, 0.3) is 11.5 Å². The summed E-state index contributed by atoms with van der Waals surface area (Å²) >= 11 is 0. The van der Waals surface area contributed by atoms with E-state index in [4.69, 9.17) is 0 Å². The van der Waals surface area contributed by atoms with Crippen LogP contribution in [0.15, 0.2) is 29.1 Å². The van der Waals surface area contributed by atoms with Crippen LogP contribution in [0.2, 0.25) is 0 Å². The summed E-state index contributed by atoms with van der Waals surface area (Å²) in [6.45, 7) is 7.47. The van der Waals surface area contributed by atoms with Crippen LogP contribution in [0.5, 0.6) is 0 Å². The minimum Gasteiger partial charge on any atom is -0.390 e. The second-order valence-corrected chi connectivity index (χ2v) is 7.55. The van der Waals surface area contributed by atoms with E-state index in [1.807, 2.05) is 45.0 Å². The van der Waals surface area contributed by atoms with Crippen molar-refractivity contribution >= 4 is 5.91 Å². The summed E-state index contributed by atoms with van der Waals surface area (Å²) in [7, 11) is 0. The van der Waals surface area contributed by atoms with Gasteiger partial charge in [0.2, 0.25) is 0 Å². The van der Waals surface area contributed by atoms with Gasteiger partial charge in [0.15, 0.2) is 0 Å². The molecule has 0 saturated heterocycles. The molecule has 0 bridgehead atoms. The highest BCUT2D eigenvalue weighted by atomic mass is 16.3. The van der Waals surface area contributed by atoms with E-state index in [-0.39, 0.29) is 11.0 Å². The third kappa shape index (κ3) is 3.22. The van der Waals surface area contributed by atoms with Crippen molar-refractivity contribution in [3.63, 3.8) is 0 Å². The molecule has 1 aliphatic rings. The standard InChI is InChI=1S/C19H23N3O3/c1-10-14(17(25)22-18(20-10)19(2,3)4)16(24)21-15-12-8-6-5-7-11(12)9-13(15)23/h5-8,13,15,23H,9H2,1-4H3,(H,21,24)(H,20,22,25)/t13-,15-/m1/s1. The number of amides is 1. The van der Waals surface area contributed by atoms with Gasteiger partial charge in [-0.25, -0.2) is 4.98 Å². The molecule has 3 N–H and O–H groups in total. The molecule has 0 aliphatic heterocycles. The number of fused-ring (bicyclic) bond motifs is 1. The van der Waals surface area contributed by atoms with Gasteiger partial charge in [0, 0.05) is 11.8 Å². The summed E-state index contributed by atoms with van der Waals surface area (Å²) in [5.74, 6) is 0.0188. The number of aromatic nitrogens is 2. The van der Waals surface area contributed by atoms with Crippen molar-refractivity contribution in [3.05, 3.63) is 62.8 Å². The van der Waals surface area contributed by atoms with Gasteiger partial charge in [-0.05, 0) is 18.1 Å². The minimum atomic E-state index is -0.706. The Morgan fingerprint density at radius 1 is 1.32 bits per heavy atom. The van der Waals surface area contributed by atoms with Gasteiger partial charge in [0.1, 0.15) is 11.4 Å². The highest BCUT2D eigenvalue weighted by molar-refractivity contribution is 5.95. The van der Waals surface area contributed by atoms with Gasteiger partial charge in [-0.3, -0.25) is 9.59 Å². The number of nitrogens with zero attached hydrogens (tertiary/aromatic N) is 1. The fourth-order valence-electron chi connectivity index (χ4n) is 3.17. The molecule has 132 valence electrons. The number of hydrogen-bond donors (Lipinski definition) is 3. The molecule has 25 heavy (non-hydrogen) atoms. The molecule has 1 aromatic carbocycles. The Morgan fingerprint density at radius 3 is 2.64 bits per heavy atom. The molecule has 6 heteroatoms. The lowest BCUT2D eigenvalue weighted by atomic mass is 9.95. The molecule has 0 unspecified atom stereocenters. The molecule has 0 saturated carbocycles. The van der Waals surface area contributed by atoms with Crippen LogP contribution in [0.1, 0.15) is 59.8 Å². The van der Waals surface area contributed by atoms with Gasteiger partial charge in [-0.1, -0.05) is 45.0 Å². The van der Waals surface area contributed by atoms with Crippen LogP contribution in [0.4, 0.5) is 0 Å². The molecule has 6 nitrogen and oxygen atoms in total. The molecule has 0 fully saturated rings. The van der Waals surface area contributed by atoms with E-state index in [0.29, 0.717) is 17.9 Å². The van der Waals surface area contributed by atoms with Crippen LogP contribution in [0, 0.1) is 6.92 Å². The van der Waals surface area contributed by atoms with Crippen LogP contribution in [-0.4, -0.2) is 27.1 Å². The van der Waals surface area contributed by atoms with E-state index in [1.165, 1.54) is 0 Å². The lowest BCUT2D eigenvalue weighted by Gasteiger charge is -2.20. The third-order valence-electron chi connectivity index (χ3n) is 4.53. The van der Waals surface area contributed by atoms with Gasteiger partial charge in [-0.15, -0.1) is 0 Å². The molecule has 2 aromatic rings. The van der Waals surface area contributed by atoms with E-state index in [2.05, 4.69) is 15.3 Å². The Balaban J connectivity index is 1.91. The largest absolute Gasteiger partial charge is 0.390 e. The number of H-pyrrole nitrogens is 1. The van der Waals surface area contributed by atoms with E-state index in [1.54, 1.807) is 6.92 Å². The van der Waals surface area contributed by atoms with Gasteiger partial charge in [0.05, 0.1) is 17.8 Å². The van der Waals surface area contributed by atoms with E-state index >= 15 is 0 Å². The summed E-state index contributed by atoms with van der Waals surface area (Å²) in [6, 6.07) is 7.06. The number of carbonyl (C=O) groups excluding carboxylic acids is 1. The maximum absolute atomic E-state index is 12.7. The molecule has 1 heterocycles. The maximum Gasteiger partial charge on any atom is 0.264 e. The van der Waals surface area contributed by atoms with E-state index < -0.39 is 23.6 Å². The van der Waals surface area contributed by atoms with Crippen molar-refractivity contribution in [3.8, 4) is 0 Å². The van der Waals surface area contributed by atoms with Crippen LogP contribution in [0.3, 0.4) is 0 Å². The normalized spacial score (nSPS) is 19.6. The maximum atomic E-state index is 12.7. The molecule has 1 aromatic heterocycles. The Hall–Kier alpha value is -2.47. The molecule has 1 amide bonds. The third-order valence-corrected chi connectivity index (χ3v) is 4.53. The summed E-state index contributed by atoms with van der Waals surface area (Å²) in [6.07, 6.45) is -0.222. The lowest BCUT2D eigenvalue weighted by molar-refractivity contribution is 0.0855. The number of aromatic amines is 1. The average Bonchev–Trinajstić information content (AvgIpc) is 2.82. The first-order valence-electron chi connectivity index (χ1n) is 8.36.